The van der Waals surface area contributed by atoms with Gasteiger partial charge < -0.3 is 0 Å². The molecule has 1 rings (SSSR count). The fourth-order valence-electron chi connectivity index (χ4n) is 0.684. The zero-order valence-corrected chi connectivity index (χ0v) is 9.85. The topological polar surface area (TPSA) is 24.9 Å². The van der Waals surface area contributed by atoms with Gasteiger partial charge in [-0.1, -0.05) is 28.8 Å². The van der Waals surface area contributed by atoms with Gasteiger partial charge in [-0.05, 0) is 29.2 Å². The average Bonchev–Trinajstić information content (AvgIpc) is 2.19. The van der Waals surface area contributed by atoms with Crippen LogP contribution in [0.3, 0.4) is 0 Å². The van der Waals surface area contributed by atoms with Crippen LogP contribution in [-0.2, 0) is 0 Å². The molecular weight excluding hydrogens is 220 g/mol. The van der Waals surface area contributed by atoms with Gasteiger partial charge in [0.05, 0.1) is 0 Å². The highest BCUT2D eigenvalue weighted by molar-refractivity contribution is 8.76. The maximum atomic E-state index is 4.21. The van der Waals surface area contributed by atoms with E-state index in [2.05, 4.69) is 9.71 Å². The molecule has 0 bridgehead atoms. The van der Waals surface area contributed by atoms with Crippen LogP contribution in [0.25, 0.3) is 0 Å². The van der Waals surface area contributed by atoms with Gasteiger partial charge in [0, 0.05) is 18.5 Å². The molecule has 0 aromatic carbocycles. The minimum Gasteiger partial charge on any atom is -0.264 e. The summed E-state index contributed by atoms with van der Waals surface area (Å²) in [5, 5.41) is 1.08. The van der Waals surface area contributed by atoms with Gasteiger partial charge in [-0.2, -0.15) is 0 Å². The summed E-state index contributed by atoms with van der Waals surface area (Å²) in [4.78, 5) is 4.21. The third-order valence-corrected chi connectivity index (χ3v) is 3.97. The zero-order chi connectivity index (χ0) is 9.36. The highest BCUT2D eigenvalue weighted by Crippen LogP contribution is 2.28. The zero-order valence-electron chi connectivity index (χ0n) is 7.40. The summed E-state index contributed by atoms with van der Waals surface area (Å²) in [5.41, 5.74) is 0. The van der Waals surface area contributed by atoms with Crippen molar-refractivity contribution in [1.29, 1.82) is 0 Å². The number of aromatic nitrogens is 1. The van der Waals surface area contributed by atoms with E-state index in [1.165, 1.54) is 0 Å². The van der Waals surface area contributed by atoms with Crippen LogP contribution in [0.2, 0.25) is 0 Å². The first-order valence-corrected chi connectivity index (χ1v) is 7.44. The van der Waals surface area contributed by atoms with Crippen LogP contribution < -0.4 is 4.72 Å². The molecule has 13 heavy (non-hydrogen) atoms. The Hall–Kier alpha value is 0.160. The van der Waals surface area contributed by atoms with E-state index in [1.54, 1.807) is 22.7 Å². The number of nitrogens with one attached hydrogen (secondary N) is 1. The van der Waals surface area contributed by atoms with E-state index >= 15 is 0 Å². The molecule has 0 atom stereocenters. The summed E-state index contributed by atoms with van der Waals surface area (Å²) in [6.07, 6.45) is 3.86. The average molecular weight is 232 g/mol. The Morgan fingerprint density at radius 3 is 3.08 bits per heavy atom. The quantitative estimate of drug-likeness (QED) is 0.462. The summed E-state index contributed by atoms with van der Waals surface area (Å²) in [6.45, 7) is 1.03. The molecule has 1 aromatic heterocycles. The van der Waals surface area contributed by atoms with E-state index in [9.17, 15) is 0 Å². The van der Waals surface area contributed by atoms with Crippen molar-refractivity contribution in [2.24, 2.45) is 0 Å². The van der Waals surface area contributed by atoms with Crippen LogP contribution in [0.15, 0.2) is 29.4 Å². The van der Waals surface area contributed by atoms with E-state index in [-0.39, 0.29) is 0 Å². The standard InChI is InChI=1S/C8H12N2S3/c1-11-10-6-7-12-13-8-4-2-3-5-9-8/h2-5,10H,6-7H2,1H3. The molecule has 0 radical (unpaired) electrons. The maximum absolute atomic E-state index is 4.21. The minimum atomic E-state index is 1.03. The van der Waals surface area contributed by atoms with E-state index in [0.717, 1.165) is 17.3 Å². The third-order valence-electron chi connectivity index (χ3n) is 1.21. The van der Waals surface area contributed by atoms with Crippen molar-refractivity contribution in [2.45, 2.75) is 5.03 Å². The molecule has 0 saturated heterocycles. The molecular formula is C8H12N2S3. The molecule has 0 fully saturated rings. The van der Waals surface area contributed by atoms with Crippen molar-refractivity contribution in [1.82, 2.24) is 9.71 Å². The second-order valence-electron chi connectivity index (χ2n) is 2.17. The lowest BCUT2D eigenvalue weighted by atomic mass is 10.5. The Bertz CT molecular complexity index is 218. The van der Waals surface area contributed by atoms with Gasteiger partial charge in [-0.15, -0.1) is 0 Å². The number of nitrogens with zero attached hydrogens (tertiary/aromatic N) is 1. The molecule has 0 aliphatic heterocycles. The maximum Gasteiger partial charge on any atom is 0.106 e. The molecule has 0 spiro atoms. The van der Waals surface area contributed by atoms with Gasteiger partial charge in [0.15, 0.2) is 0 Å². The van der Waals surface area contributed by atoms with Gasteiger partial charge in [0.2, 0.25) is 0 Å². The first kappa shape index (κ1) is 11.2. The molecule has 1 heterocycles. The smallest absolute Gasteiger partial charge is 0.106 e. The van der Waals surface area contributed by atoms with Crippen LogP contribution >= 0.6 is 33.5 Å². The molecule has 1 aromatic rings. The first-order chi connectivity index (χ1) is 6.43. The predicted octanol–water partition coefficient (Wildman–Crippen LogP) is 2.69. The molecule has 0 saturated carbocycles. The largest absolute Gasteiger partial charge is 0.264 e. The number of hydrogen-bond donors (Lipinski definition) is 1. The Balaban J connectivity index is 2.07. The number of pyridine rings is 1. The summed E-state index contributed by atoms with van der Waals surface area (Å²) < 4.78 is 3.20. The van der Waals surface area contributed by atoms with Crippen molar-refractivity contribution in [2.75, 3.05) is 18.6 Å². The third kappa shape index (κ3) is 5.46. The van der Waals surface area contributed by atoms with Crippen LogP contribution in [0.4, 0.5) is 0 Å². The molecule has 0 aliphatic carbocycles. The second-order valence-corrected chi connectivity index (χ2v) is 5.30. The lowest BCUT2D eigenvalue weighted by Crippen LogP contribution is -2.05. The monoisotopic (exact) mass is 232 g/mol. The van der Waals surface area contributed by atoms with E-state index in [4.69, 9.17) is 0 Å². The molecule has 5 heteroatoms. The Kier molecular flexibility index (Phi) is 6.53. The molecule has 0 aliphatic rings. The Morgan fingerprint density at radius 1 is 1.46 bits per heavy atom. The van der Waals surface area contributed by atoms with Gasteiger partial charge in [0.1, 0.15) is 5.03 Å². The summed E-state index contributed by atoms with van der Waals surface area (Å²) in [6, 6.07) is 5.97. The van der Waals surface area contributed by atoms with Crippen molar-refractivity contribution < 1.29 is 0 Å². The van der Waals surface area contributed by atoms with Gasteiger partial charge in [-0.3, -0.25) is 4.72 Å². The Labute approximate surface area is 91.2 Å². The van der Waals surface area contributed by atoms with Crippen molar-refractivity contribution in [3.63, 3.8) is 0 Å². The number of hydrogen-bond acceptors (Lipinski definition) is 5. The summed E-state index contributed by atoms with van der Waals surface area (Å²) >= 11 is 1.66. The van der Waals surface area contributed by atoms with Gasteiger partial charge in [-0.25, -0.2) is 4.98 Å². The van der Waals surface area contributed by atoms with Crippen LogP contribution in [-0.4, -0.2) is 23.5 Å². The van der Waals surface area contributed by atoms with Gasteiger partial charge >= 0.3 is 0 Å². The highest BCUT2D eigenvalue weighted by Gasteiger charge is 1.93. The lowest BCUT2D eigenvalue weighted by Gasteiger charge is -1.99. The lowest BCUT2D eigenvalue weighted by molar-refractivity contribution is 1.05. The molecule has 1 N–H and O–H groups in total. The normalized spacial score (nSPS) is 10.2. The van der Waals surface area contributed by atoms with Crippen LogP contribution in [0.1, 0.15) is 0 Å². The molecule has 0 amide bonds. The van der Waals surface area contributed by atoms with Gasteiger partial charge in [0.25, 0.3) is 0 Å². The molecule has 72 valence electrons. The molecule has 2 nitrogen and oxygen atoms in total. The molecule has 0 unspecified atom stereocenters. The van der Waals surface area contributed by atoms with E-state index in [0.29, 0.717) is 0 Å². The van der Waals surface area contributed by atoms with Crippen LogP contribution in [0, 0.1) is 0 Å². The first-order valence-electron chi connectivity index (χ1n) is 3.90. The number of rotatable bonds is 6. The SMILES string of the molecule is CSNCCSSc1ccccn1. The summed E-state index contributed by atoms with van der Waals surface area (Å²) in [5.74, 6) is 1.10. The predicted molar refractivity (Wildman–Crippen MR) is 64.1 cm³/mol. The van der Waals surface area contributed by atoms with E-state index < -0.39 is 0 Å². The van der Waals surface area contributed by atoms with Crippen molar-refractivity contribution >= 4 is 33.5 Å². The van der Waals surface area contributed by atoms with Crippen molar-refractivity contribution in [3.8, 4) is 0 Å². The second kappa shape index (κ2) is 7.55. The highest BCUT2D eigenvalue weighted by atomic mass is 33.1. The Morgan fingerprint density at radius 2 is 2.38 bits per heavy atom. The fraction of sp³-hybridized carbons (Fsp3) is 0.375. The summed E-state index contributed by atoms with van der Waals surface area (Å²) in [7, 11) is 3.55. The fourth-order valence-corrected chi connectivity index (χ4v) is 2.90. The minimum absolute atomic E-state index is 1.03. The van der Waals surface area contributed by atoms with E-state index in [1.807, 2.05) is 41.4 Å². The van der Waals surface area contributed by atoms with Crippen molar-refractivity contribution in [3.05, 3.63) is 24.4 Å². The van der Waals surface area contributed by atoms with Crippen LogP contribution in [0.5, 0.6) is 0 Å².